The Hall–Kier alpha value is -2.37. The maximum atomic E-state index is 11.9. The first-order chi connectivity index (χ1) is 10.1. The van der Waals surface area contributed by atoms with E-state index in [1.54, 1.807) is 12.1 Å². The van der Waals surface area contributed by atoms with E-state index in [-0.39, 0.29) is 17.3 Å². The molecule has 0 saturated heterocycles. The SMILES string of the molecule is NC(=O)c1ccccc1NC(=O)C(=O)NC1CCCCC1. The summed E-state index contributed by atoms with van der Waals surface area (Å²) in [6.45, 7) is 0. The second kappa shape index (κ2) is 6.88. The third kappa shape index (κ3) is 4.05. The Balaban J connectivity index is 1.97. The summed E-state index contributed by atoms with van der Waals surface area (Å²) < 4.78 is 0. The van der Waals surface area contributed by atoms with E-state index in [1.165, 1.54) is 18.6 Å². The molecule has 0 radical (unpaired) electrons. The second-order valence-electron chi connectivity index (χ2n) is 5.17. The molecule has 1 aromatic carbocycles. The Kier molecular flexibility index (Phi) is 4.92. The largest absolute Gasteiger partial charge is 0.366 e. The third-order valence-corrected chi connectivity index (χ3v) is 3.59. The minimum Gasteiger partial charge on any atom is -0.366 e. The number of primary amides is 1. The highest BCUT2D eigenvalue weighted by Gasteiger charge is 2.21. The molecule has 112 valence electrons. The summed E-state index contributed by atoms with van der Waals surface area (Å²) >= 11 is 0. The highest BCUT2D eigenvalue weighted by Crippen LogP contribution is 2.17. The quantitative estimate of drug-likeness (QED) is 0.728. The van der Waals surface area contributed by atoms with Crippen LogP contribution < -0.4 is 16.4 Å². The normalized spacial score (nSPS) is 15.2. The van der Waals surface area contributed by atoms with Gasteiger partial charge in [-0.1, -0.05) is 31.4 Å². The van der Waals surface area contributed by atoms with Gasteiger partial charge in [0.25, 0.3) is 5.91 Å². The van der Waals surface area contributed by atoms with Crippen molar-refractivity contribution in [1.82, 2.24) is 5.32 Å². The van der Waals surface area contributed by atoms with Crippen molar-refractivity contribution in [2.24, 2.45) is 5.73 Å². The van der Waals surface area contributed by atoms with Crippen LogP contribution >= 0.6 is 0 Å². The molecule has 0 unspecified atom stereocenters. The maximum Gasteiger partial charge on any atom is 0.313 e. The van der Waals surface area contributed by atoms with Crippen molar-refractivity contribution >= 4 is 23.4 Å². The number of rotatable bonds is 3. The van der Waals surface area contributed by atoms with Crippen LogP contribution in [-0.2, 0) is 9.59 Å². The predicted octanol–water partition coefficient (Wildman–Crippen LogP) is 1.17. The summed E-state index contributed by atoms with van der Waals surface area (Å²) in [7, 11) is 0. The van der Waals surface area contributed by atoms with Gasteiger partial charge in [0.05, 0.1) is 11.3 Å². The van der Waals surface area contributed by atoms with Crippen LogP contribution in [-0.4, -0.2) is 23.8 Å². The van der Waals surface area contributed by atoms with E-state index >= 15 is 0 Å². The van der Waals surface area contributed by atoms with Gasteiger partial charge in [-0.3, -0.25) is 14.4 Å². The Morgan fingerprint density at radius 2 is 1.67 bits per heavy atom. The van der Waals surface area contributed by atoms with Crippen molar-refractivity contribution in [3.8, 4) is 0 Å². The minimum atomic E-state index is -0.783. The molecule has 1 aliphatic carbocycles. The van der Waals surface area contributed by atoms with E-state index in [4.69, 9.17) is 5.73 Å². The Bertz CT molecular complexity index is 551. The fourth-order valence-electron chi connectivity index (χ4n) is 2.48. The summed E-state index contributed by atoms with van der Waals surface area (Å²) in [6, 6.07) is 6.38. The highest BCUT2D eigenvalue weighted by molar-refractivity contribution is 6.40. The third-order valence-electron chi connectivity index (χ3n) is 3.59. The fourth-order valence-corrected chi connectivity index (χ4v) is 2.48. The van der Waals surface area contributed by atoms with E-state index in [1.807, 2.05) is 0 Å². The molecule has 0 spiro atoms. The lowest BCUT2D eigenvalue weighted by molar-refractivity contribution is -0.136. The topological polar surface area (TPSA) is 101 Å². The molecular weight excluding hydrogens is 270 g/mol. The molecule has 6 nitrogen and oxygen atoms in total. The van der Waals surface area contributed by atoms with Gasteiger partial charge < -0.3 is 16.4 Å². The van der Waals surface area contributed by atoms with Crippen molar-refractivity contribution in [1.29, 1.82) is 0 Å². The molecule has 1 aromatic rings. The zero-order valence-corrected chi connectivity index (χ0v) is 11.7. The van der Waals surface area contributed by atoms with Gasteiger partial charge in [-0.2, -0.15) is 0 Å². The van der Waals surface area contributed by atoms with Crippen LogP contribution in [0.2, 0.25) is 0 Å². The monoisotopic (exact) mass is 289 g/mol. The van der Waals surface area contributed by atoms with E-state index in [0.29, 0.717) is 0 Å². The van der Waals surface area contributed by atoms with Crippen LogP contribution in [0.15, 0.2) is 24.3 Å². The number of nitrogens with one attached hydrogen (secondary N) is 2. The van der Waals surface area contributed by atoms with Crippen LogP contribution in [0.5, 0.6) is 0 Å². The maximum absolute atomic E-state index is 11.9. The van der Waals surface area contributed by atoms with Crippen molar-refractivity contribution in [3.05, 3.63) is 29.8 Å². The summed E-state index contributed by atoms with van der Waals surface area (Å²) in [6.07, 6.45) is 5.10. The van der Waals surface area contributed by atoms with Crippen LogP contribution in [0.1, 0.15) is 42.5 Å². The fraction of sp³-hybridized carbons (Fsp3) is 0.400. The van der Waals surface area contributed by atoms with E-state index < -0.39 is 17.7 Å². The van der Waals surface area contributed by atoms with Crippen molar-refractivity contribution in [2.75, 3.05) is 5.32 Å². The van der Waals surface area contributed by atoms with Crippen LogP contribution in [0.3, 0.4) is 0 Å². The van der Waals surface area contributed by atoms with E-state index in [2.05, 4.69) is 10.6 Å². The van der Waals surface area contributed by atoms with Gasteiger partial charge in [0.1, 0.15) is 0 Å². The van der Waals surface area contributed by atoms with E-state index in [0.717, 1.165) is 25.7 Å². The molecule has 0 aromatic heterocycles. The van der Waals surface area contributed by atoms with Crippen molar-refractivity contribution < 1.29 is 14.4 Å². The molecule has 1 fully saturated rings. The summed E-state index contributed by atoms with van der Waals surface area (Å²) in [5, 5.41) is 5.15. The molecule has 0 aliphatic heterocycles. The number of benzene rings is 1. The average molecular weight is 289 g/mol. The standard InChI is InChI=1S/C15H19N3O3/c16-13(19)11-8-4-5-9-12(11)18-15(21)14(20)17-10-6-2-1-3-7-10/h4-5,8-10H,1-3,6-7H2,(H2,16,19)(H,17,20)(H,18,21). The molecule has 1 aliphatic rings. The number of anilines is 1. The lowest BCUT2D eigenvalue weighted by Gasteiger charge is -2.22. The minimum absolute atomic E-state index is 0.0587. The second-order valence-corrected chi connectivity index (χ2v) is 5.17. The number of carbonyl (C=O) groups excluding carboxylic acids is 3. The van der Waals surface area contributed by atoms with Gasteiger partial charge in [0.2, 0.25) is 0 Å². The van der Waals surface area contributed by atoms with Gasteiger partial charge in [-0.25, -0.2) is 0 Å². The molecule has 3 amide bonds. The smallest absolute Gasteiger partial charge is 0.313 e. The molecule has 4 N–H and O–H groups in total. The van der Waals surface area contributed by atoms with Crippen LogP contribution in [0, 0.1) is 0 Å². The Morgan fingerprint density at radius 3 is 2.33 bits per heavy atom. The summed E-state index contributed by atoms with van der Waals surface area (Å²) in [5.41, 5.74) is 5.65. The molecule has 0 heterocycles. The summed E-state index contributed by atoms with van der Waals surface area (Å²) in [5.74, 6) is -2.12. The van der Waals surface area contributed by atoms with Gasteiger partial charge in [-0.15, -0.1) is 0 Å². The van der Waals surface area contributed by atoms with Crippen molar-refractivity contribution in [3.63, 3.8) is 0 Å². The first-order valence-corrected chi connectivity index (χ1v) is 7.08. The molecule has 0 atom stereocenters. The van der Waals surface area contributed by atoms with Gasteiger partial charge >= 0.3 is 11.8 Å². The van der Waals surface area contributed by atoms with Gasteiger partial charge in [0.15, 0.2) is 0 Å². The first-order valence-electron chi connectivity index (χ1n) is 7.08. The predicted molar refractivity (Wildman–Crippen MR) is 78.6 cm³/mol. The van der Waals surface area contributed by atoms with Gasteiger partial charge in [0, 0.05) is 6.04 Å². The highest BCUT2D eigenvalue weighted by atomic mass is 16.2. The van der Waals surface area contributed by atoms with Crippen LogP contribution in [0.25, 0.3) is 0 Å². The molecule has 1 saturated carbocycles. The first kappa shape index (κ1) is 15.0. The Labute approximate surface area is 123 Å². The molecular formula is C15H19N3O3. The zero-order chi connectivity index (χ0) is 15.2. The number of hydrogen-bond donors (Lipinski definition) is 3. The van der Waals surface area contributed by atoms with Crippen LogP contribution in [0.4, 0.5) is 5.69 Å². The lowest BCUT2D eigenvalue weighted by atomic mass is 9.95. The average Bonchev–Trinajstić information content (AvgIpc) is 2.48. The van der Waals surface area contributed by atoms with E-state index in [9.17, 15) is 14.4 Å². The summed E-state index contributed by atoms with van der Waals surface area (Å²) in [4.78, 5) is 35.0. The number of para-hydroxylation sites is 1. The van der Waals surface area contributed by atoms with Crippen molar-refractivity contribution in [2.45, 2.75) is 38.1 Å². The molecule has 0 bridgehead atoms. The molecule has 21 heavy (non-hydrogen) atoms. The number of amides is 3. The molecule has 6 heteroatoms. The molecule has 2 rings (SSSR count). The number of carbonyl (C=O) groups is 3. The lowest BCUT2D eigenvalue weighted by Crippen LogP contribution is -2.42. The van der Waals surface area contributed by atoms with Gasteiger partial charge in [-0.05, 0) is 25.0 Å². The number of nitrogens with two attached hydrogens (primary N) is 1. The Morgan fingerprint density at radius 1 is 1.00 bits per heavy atom. The zero-order valence-electron chi connectivity index (χ0n) is 11.7. The number of hydrogen-bond acceptors (Lipinski definition) is 3.